The summed E-state index contributed by atoms with van der Waals surface area (Å²) in [6, 6.07) is 51.3. The molecule has 0 aromatic heterocycles. The molecule has 0 saturated carbocycles. The Bertz CT molecular complexity index is 2030. The number of thioether (sulfide) groups is 1. The van der Waals surface area contributed by atoms with Crippen molar-refractivity contribution in [1.82, 2.24) is 5.32 Å². The van der Waals surface area contributed by atoms with Crippen molar-refractivity contribution in [3.63, 3.8) is 0 Å². The highest BCUT2D eigenvalue weighted by Crippen LogP contribution is 2.40. The van der Waals surface area contributed by atoms with Crippen LogP contribution in [0.5, 0.6) is 11.5 Å². The summed E-state index contributed by atoms with van der Waals surface area (Å²) in [5, 5.41) is 15.4. The van der Waals surface area contributed by atoms with Gasteiger partial charge in [-0.15, -0.1) is 11.8 Å². The average Bonchev–Trinajstić information content (AvgIpc) is 3.21. The molecule has 1 saturated heterocycles. The Balaban J connectivity index is 0.968. The molecule has 0 bridgehead atoms. The topological polar surface area (TPSA) is 89.1 Å². The maximum absolute atomic E-state index is 12.7. The van der Waals surface area contributed by atoms with Crippen LogP contribution in [-0.4, -0.2) is 23.0 Å². The lowest BCUT2D eigenvalue weighted by Crippen LogP contribution is -2.31. The lowest BCUT2D eigenvalue weighted by atomic mass is 9.99. The fourth-order valence-corrected chi connectivity index (χ4v) is 6.95. The first-order chi connectivity index (χ1) is 25.6. The molecule has 6 aromatic rings. The number of rotatable bonds is 12. The van der Waals surface area contributed by atoms with Gasteiger partial charge in [0, 0.05) is 34.9 Å². The molecule has 3 N–H and O–H groups in total. The van der Waals surface area contributed by atoms with Gasteiger partial charge < -0.3 is 30.0 Å². The molecule has 1 aliphatic rings. The molecule has 2 amide bonds. The minimum Gasteiger partial charge on any atom is -0.457 e. The molecule has 0 aliphatic carbocycles. The van der Waals surface area contributed by atoms with Crippen molar-refractivity contribution >= 4 is 23.5 Å². The van der Waals surface area contributed by atoms with Crippen molar-refractivity contribution in [3.05, 3.63) is 180 Å². The van der Waals surface area contributed by atoms with E-state index >= 15 is 0 Å². The molecule has 7 nitrogen and oxygen atoms in total. The maximum atomic E-state index is 12.7. The summed E-state index contributed by atoms with van der Waals surface area (Å²) < 4.78 is 18.9. The van der Waals surface area contributed by atoms with E-state index in [-0.39, 0.29) is 24.8 Å². The van der Waals surface area contributed by atoms with Crippen molar-refractivity contribution in [2.24, 2.45) is 0 Å². The second-order valence-electron chi connectivity index (χ2n) is 12.5. The summed E-state index contributed by atoms with van der Waals surface area (Å²) in [5.41, 5.74) is 6.65. The van der Waals surface area contributed by atoms with E-state index in [9.17, 15) is 9.90 Å². The van der Waals surface area contributed by atoms with Crippen LogP contribution >= 0.6 is 11.8 Å². The molecule has 1 heterocycles. The largest absolute Gasteiger partial charge is 0.457 e. The zero-order valence-corrected chi connectivity index (χ0v) is 29.4. The Morgan fingerprint density at radius 1 is 0.692 bits per heavy atom. The number of nitrogens with one attached hydrogen (secondary N) is 2. The average molecular weight is 709 g/mol. The van der Waals surface area contributed by atoms with Gasteiger partial charge in [-0.3, -0.25) is 0 Å². The number of anilines is 1. The highest BCUT2D eigenvalue weighted by atomic mass is 32.2. The molecule has 1 fully saturated rings. The predicted octanol–water partition coefficient (Wildman–Crippen LogP) is 10.3. The van der Waals surface area contributed by atoms with E-state index in [0.717, 1.165) is 51.3 Å². The van der Waals surface area contributed by atoms with E-state index in [1.165, 1.54) is 4.90 Å². The monoisotopic (exact) mass is 708 g/mol. The van der Waals surface area contributed by atoms with Crippen LogP contribution in [0.25, 0.3) is 11.1 Å². The minimum atomic E-state index is -0.520. The summed E-state index contributed by atoms with van der Waals surface area (Å²) in [6.45, 7) is 0.385. The van der Waals surface area contributed by atoms with Crippen LogP contribution in [0.1, 0.15) is 41.1 Å². The third-order valence-corrected chi connectivity index (χ3v) is 9.93. The third kappa shape index (κ3) is 9.48. The summed E-state index contributed by atoms with van der Waals surface area (Å²) in [5.74, 6) is 2.25. The highest BCUT2D eigenvalue weighted by Gasteiger charge is 2.32. The number of hydrogen-bond donors (Lipinski definition) is 3. The van der Waals surface area contributed by atoms with Crippen LogP contribution in [0, 0.1) is 0 Å². The summed E-state index contributed by atoms with van der Waals surface area (Å²) in [6.07, 6.45) is 0.0673. The highest BCUT2D eigenvalue weighted by molar-refractivity contribution is 7.99. The second-order valence-corrected chi connectivity index (χ2v) is 13.6. The van der Waals surface area contributed by atoms with Crippen LogP contribution in [-0.2, 0) is 22.6 Å². The van der Waals surface area contributed by atoms with Gasteiger partial charge in [0.05, 0.1) is 18.8 Å². The Hall–Kier alpha value is -5.38. The number of hydrogen-bond acceptors (Lipinski definition) is 6. The van der Waals surface area contributed by atoms with Gasteiger partial charge >= 0.3 is 6.03 Å². The van der Waals surface area contributed by atoms with Gasteiger partial charge in [-0.2, -0.15) is 0 Å². The number of amides is 2. The molecule has 3 unspecified atom stereocenters. The number of aliphatic hydroxyl groups excluding tert-OH is 1. The first-order valence-electron chi connectivity index (χ1n) is 17.3. The quantitative estimate of drug-likeness (QED) is 0.110. The lowest BCUT2D eigenvalue weighted by Gasteiger charge is -2.36. The van der Waals surface area contributed by atoms with Crippen LogP contribution in [0.3, 0.4) is 0 Å². The van der Waals surface area contributed by atoms with Gasteiger partial charge in [0.25, 0.3) is 0 Å². The van der Waals surface area contributed by atoms with Gasteiger partial charge in [0.2, 0.25) is 0 Å². The van der Waals surface area contributed by atoms with Gasteiger partial charge in [0.1, 0.15) is 11.5 Å². The number of carbonyl (C=O) groups excluding carboxylic acids is 1. The van der Waals surface area contributed by atoms with E-state index in [1.807, 2.05) is 97.1 Å². The van der Waals surface area contributed by atoms with Crippen molar-refractivity contribution in [3.8, 4) is 22.6 Å². The van der Waals surface area contributed by atoms with E-state index in [1.54, 1.807) is 11.8 Å². The fraction of sp³-hybridized carbons (Fsp3) is 0.159. The maximum Gasteiger partial charge on any atom is 0.319 e. The normalized spacial score (nSPS) is 16.9. The first-order valence-corrected chi connectivity index (χ1v) is 18.3. The SMILES string of the molecule is O=C(NCc1cccc(-c2ccc(C3OC(CSc4ccccc4)CC(c4ccc(CO)cc4)O3)cc2)c1)Nc1ccc(Oc2ccccc2)cc1. The van der Waals surface area contributed by atoms with Crippen LogP contribution in [0.15, 0.2) is 163 Å². The number of aliphatic hydroxyl groups is 1. The molecular formula is C44H40N2O5S. The number of benzene rings is 6. The summed E-state index contributed by atoms with van der Waals surface area (Å²) in [4.78, 5) is 13.9. The molecule has 3 atom stereocenters. The second kappa shape index (κ2) is 17.2. The van der Waals surface area contributed by atoms with E-state index in [0.29, 0.717) is 18.0 Å². The minimum absolute atomic E-state index is 0.0105. The van der Waals surface area contributed by atoms with Crippen LogP contribution in [0.2, 0.25) is 0 Å². The van der Waals surface area contributed by atoms with E-state index in [2.05, 4.69) is 71.3 Å². The molecule has 7 rings (SSSR count). The molecule has 0 spiro atoms. The number of urea groups is 1. The fourth-order valence-electron chi connectivity index (χ4n) is 6.01. The smallest absolute Gasteiger partial charge is 0.319 e. The van der Waals surface area contributed by atoms with Crippen molar-refractivity contribution in [2.45, 2.75) is 43.0 Å². The Kier molecular flexibility index (Phi) is 11.6. The summed E-state index contributed by atoms with van der Waals surface area (Å²) in [7, 11) is 0. The molecular weight excluding hydrogens is 669 g/mol. The molecule has 8 heteroatoms. The van der Waals surface area contributed by atoms with Crippen molar-refractivity contribution in [1.29, 1.82) is 0 Å². The zero-order valence-electron chi connectivity index (χ0n) is 28.6. The van der Waals surface area contributed by atoms with Crippen LogP contribution < -0.4 is 15.4 Å². The molecule has 1 aliphatic heterocycles. The predicted molar refractivity (Wildman–Crippen MR) is 206 cm³/mol. The number of para-hydroxylation sites is 1. The van der Waals surface area contributed by atoms with E-state index in [4.69, 9.17) is 14.2 Å². The van der Waals surface area contributed by atoms with Gasteiger partial charge in [-0.05, 0) is 82.4 Å². The summed E-state index contributed by atoms with van der Waals surface area (Å²) >= 11 is 1.79. The molecule has 262 valence electrons. The standard InChI is InChI=1S/C44H40N2O5S/c47-29-31-14-16-34(17-15-31)42-27-40(30-52-41-12-5-2-6-13-41)50-43(51-42)35-20-18-33(19-21-35)36-9-7-8-32(26-36)28-45-44(48)46-37-22-24-39(25-23-37)49-38-10-3-1-4-11-38/h1-26,40,42-43,47H,27-30H2,(H2,45,46,48). The molecule has 0 radical (unpaired) electrons. The van der Waals surface area contributed by atoms with Crippen molar-refractivity contribution < 1.29 is 24.1 Å². The number of carbonyl (C=O) groups is 1. The van der Waals surface area contributed by atoms with Gasteiger partial charge in [0.15, 0.2) is 6.29 Å². The molecule has 52 heavy (non-hydrogen) atoms. The lowest BCUT2D eigenvalue weighted by molar-refractivity contribution is -0.245. The van der Waals surface area contributed by atoms with Gasteiger partial charge in [-0.25, -0.2) is 4.79 Å². The Morgan fingerprint density at radius 3 is 2.12 bits per heavy atom. The third-order valence-electron chi connectivity index (χ3n) is 8.78. The first kappa shape index (κ1) is 35.0. The number of ether oxygens (including phenoxy) is 3. The van der Waals surface area contributed by atoms with E-state index < -0.39 is 6.29 Å². The van der Waals surface area contributed by atoms with Gasteiger partial charge in [-0.1, -0.05) is 103 Å². The zero-order chi connectivity index (χ0) is 35.5. The Morgan fingerprint density at radius 2 is 1.38 bits per heavy atom. The van der Waals surface area contributed by atoms with Crippen LogP contribution in [0.4, 0.5) is 10.5 Å². The molecule has 6 aromatic carbocycles. The Labute approximate surface area is 308 Å². The van der Waals surface area contributed by atoms with Crippen molar-refractivity contribution in [2.75, 3.05) is 11.1 Å².